The predicted molar refractivity (Wildman–Crippen MR) is 67.5 cm³/mol. The van der Waals surface area contributed by atoms with E-state index in [0.29, 0.717) is 11.3 Å². The van der Waals surface area contributed by atoms with E-state index in [1.165, 1.54) is 24.3 Å². The van der Waals surface area contributed by atoms with E-state index in [2.05, 4.69) is 0 Å². The van der Waals surface area contributed by atoms with Crippen LogP contribution in [0.2, 0.25) is 0 Å². The van der Waals surface area contributed by atoms with Gasteiger partial charge in [0.15, 0.2) is 0 Å². The van der Waals surface area contributed by atoms with Gasteiger partial charge >= 0.3 is 5.97 Å². The molecule has 2 aromatic rings. The van der Waals surface area contributed by atoms with Crippen LogP contribution in [-0.4, -0.2) is 21.3 Å². The van der Waals surface area contributed by atoms with Crippen LogP contribution in [0.15, 0.2) is 42.5 Å². The van der Waals surface area contributed by atoms with Crippen LogP contribution < -0.4 is 4.74 Å². The van der Waals surface area contributed by atoms with E-state index >= 15 is 0 Å². The second-order valence-electron chi connectivity index (χ2n) is 3.94. The minimum atomic E-state index is -1.19. The van der Waals surface area contributed by atoms with E-state index in [-0.39, 0.29) is 23.7 Å². The van der Waals surface area contributed by atoms with Crippen molar-refractivity contribution in [1.29, 1.82) is 0 Å². The molecule has 0 heterocycles. The van der Waals surface area contributed by atoms with Crippen molar-refractivity contribution >= 4 is 5.97 Å². The van der Waals surface area contributed by atoms with Gasteiger partial charge in [-0.05, 0) is 42.0 Å². The molecule has 0 saturated heterocycles. The lowest BCUT2D eigenvalue weighted by Gasteiger charge is -2.07. The summed E-state index contributed by atoms with van der Waals surface area (Å²) in [6, 6.07) is 10.5. The van der Waals surface area contributed by atoms with Crippen LogP contribution in [0.3, 0.4) is 0 Å². The first-order valence-electron chi connectivity index (χ1n) is 5.53. The summed E-state index contributed by atoms with van der Waals surface area (Å²) >= 11 is 0. The van der Waals surface area contributed by atoms with Crippen LogP contribution in [0, 0.1) is 0 Å². The van der Waals surface area contributed by atoms with Gasteiger partial charge in [-0.2, -0.15) is 0 Å². The molecule has 0 amide bonds. The number of phenolic OH excluding ortho intramolecular Hbond substituents is 1. The summed E-state index contributed by atoms with van der Waals surface area (Å²) in [6.45, 7) is 0.172. The first kappa shape index (κ1) is 12.8. The number of aromatic hydroxyl groups is 2. The molecule has 5 heteroatoms. The number of ether oxygens (including phenoxy) is 1. The fourth-order valence-corrected chi connectivity index (χ4v) is 1.55. The Labute approximate surface area is 109 Å². The van der Waals surface area contributed by atoms with Crippen molar-refractivity contribution in [3.05, 3.63) is 53.6 Å². The van der Waals surface area contributed by atoms with Gasteiger partial charge < -0.3 is 20.1 Å². The highest BCUT2D eigenvalue weighted by molar-refractivity contribution is 5.90. The molecule has 0 aliphatic heterocycles. The molecule has 0 spiro atoms. The van der Waals surface area contributed by atoms with Gasteiger partial charge in [0.05, 0.1) is 0 Å². The highest BCUT2D eigenvalue weighted by Gasteiger charge is 2.10. The summed E-state index contributed by atoms with van der Waals surface area (Å²) in [6.07, 6.45) is 0. The third-order valence-corrected chi connectivity index (χ3v) is 2.53. The summed E-state index contributed by atoms with van der Waals surface area (Å²) in [4.78, 5) is 10.9. The van der Waals surface area contributed by atoms with Gasteiger partial charge in [0.1, 0.15) is 29.4 Å². The summed E-state index contributed by atoms with van der Waals surface area (Å²) < 4.78 is 5.44. The molecule has 0 fully saturated rings. The molecule has 0 aliphatic rings. The quantitative estimate of drug-likeness (QED) is 0.785. The zero-order chi connectivity index (χ0) is 13.8. The second kappa shape index (κ2) is 5.30. The third-order valence-electron chi connectivity index (χ3n) is 2.53. The number of phenols is 2. The van der Waals surface area contributed by atoms with Crippen LogP contribution in [0.1, 0.15) is 15.9 Å². The van der Waals surface area contributed by atoms with Crippen molar-refractivity contribution in [1.82, 2.24) is 0 Å². The molecule has 19 heavy (non-hydrogen) atoms. The zero-order valence-corrected chi connectivity index (χ0v) is 9.91. The summed E-state index contributed by atoms with van der Waals surface area (Å²) in [5.74, 6) is -0.766. The molecule has 5 nitrogen and oxygen atoms in total. The maximum Gasteiger partial charge on any atom is 0.339 e. The lowest BCUT2D eigenvalue weighted by atomic mass is 10.1. The van der Waals surface area contributed by atoms with E-state index in [1.54, 1.807) is 18.2 Å². The second-order valence-corrected chi connectivity index (χ2v) is 3.94. The van der Waals surface area contributed by atoms with Crippen molar-refractivity contribution in [2.45, 2.75) is 6.61 Å². The van der Waals surface area contributed by atoms with Gasteiger partial charge in [0.25, 0.3) is 0 Å². The molecular weight excluding hydrogens is 248 g/mol. The van der Waals surface area contributed by atoms with E-state index < -0.39 is 5.97 Å². The first-order chi connectivity index (χ1) is 9.06. The normalized spacial score (nSPS) is 10.1. The molecule has 2 rings (SSSR count). The number of hydrogen-bond donors (Lipinski definition) is 3. The maximum absolute atomic E-state index is 10.9. The number of aromatic carboxylic acids is 1. The molecular formula is C14H12O5. The van der Waals surface area contributed by atoms with E-state index in [4.69, 9.17) is 14.9 Å². The van der Waals surface area contributed by atoms with Crippen LogP contribution in [0.25, 0.3) is 0 Å². The van der Waals surface area contributed by atoms with Gasteiger partial charge in [0.2, 0.25) is 0 Å². The van der Waals surface area contributed by atoms with Crippen molar-refractivity contribution in [2.24, 2.45) is 0 Å². The smallest absolute Gasteiger partial charge is 0.339 e. The van der Waals surface area contributed by atoms with Crippen molar-refractivity contribution in [3.63, 3.8) is 0 Å². The molecule has 0 bridgehead atoms. The Balaban J connectivity index is 2.09. The van der Waals surface area contributed by atoms with Gasteiger partial charge in [-0.1, -0.05) is 6.07 Å². The molecule has 3 N–H and O–H groups in total. The standard InChI is InChI=1S/C14H12O5/c15-10-2-4-11(5-3-10)19-8-9-1-6-13(16)12(7-9)14(17)18/h1-7,15-16H,8H2,(H,17,18). The monoisotopic (exact) mass is 260 g/mol. The van der Waals surface area contributed by atoms with Crippen LogP contribution in [-0.2, 0) is 6.61 Å². The minimum absolute atomic E-state index is 0.144. The van der Waals surface area contributed by atoms with Gasteiger partial charge in [-0.3, -0.25) is 0 Å². The highest BCUT2D eigenvalue weighted by atomic mass is 16.5. The molecule has 0 unspecified atom stereocenters. The van der Waals surface area contributed by atoms with Gasteiger partial charge in [-0.25, -0.2) is 4.79 Å². The summed E-state index contributed by atoms with van der Waals surface area (Å²) in [5.41, 5.74) is 0.468. The molecule has 0 atom stereocenters. The number of carboxylic acid groups (broad SMARTS) is 1. The Bertz CT molecular complexity index is 589. The maximum atomic E-state index is 10.9. The molecule has 0 saturated carbocycles. The predicted octanol–water partition coefficient (Wildman–Crippen LogP) is 2.38. The number of hydrogen-bond acceptors (Lipinski definition) is 4. The number of carbonyl (C=O) groups is 1. The van der Waals surface area contributed by atoms with Crippen LogP contribution in [0.4, 0.5) is 0 Å². The zero-order valence-electron chi connectivity index (χ0n) is 9.91. The number of carboxylic acids is 1. The number of rotatable bonds is 4. The Morgan fingerprint density at radius 3 is 2.37 bits per heavy atom. The molecule has 98 valence electrons. The Morgan fingerprint density at radius 2 is 1.74 bits per heavy atom. The Morgan fingerprint density at radius 1 is 1.05 bits per heavy atom. The molecule has 2 aromatic carbocycles. The lowest BCUT2D eigenvalue weighted by Crippen LogP contribution is -2.01. The Hall–Kier alpha value is -2.69. The minimum Gasteiger partial charge on any atom is -0.508 e. The fraction of sp³-hybridized carbons (Fsp3) is 0.0714. The van der Waals surface area contributed by atoms with Crippen LogP contribution >= 0.6 is 0 Å². The van der Waals surface area contributed by atoms with E-state index in [1.807, 2.05) is 0 Å². The highest BCUT2D eigenvalue weighted by Crippen LogP contribution is 2.21. The topological polar surface area (TPSA) is 87.0 Å². The van der Waals surface area contributed by atoms with Crippen molar-refractivity contribution in [3.8, 4) is 17.2 Å². The molecule has 0 aliphatic carbocycles. The molecule has 0 radical (unpaired) electrons. The van der Waals surface area contributed by atoms with E-state index in [0.717, 1.165) is 0 Å². The van der Waals surface area contributed by atoms with Crippen molar-refractivity contribution < 1.29 is 24.9 Å². The van der Waals surface area contributed by atoms with Crippen LogP contribution in [0.5, 0.6) is 17.2 Å². The SMILES string of the molecule is O=C(O)c1cc(COc2ccc(O)cc2)ccc1O. The molecule has 0 aromatic heterocycles. The lowest BCUT2D eigenvalue weighted by molar-refractivity contribution is 0.0693. The van der Waals surface area contributed by atoms with E-state index in [9.17, 15) is 9.90 Å². The Kier molecular flexibility index (Phi) is 3.56. The average Bonchev–Trinajstić information content (AvgIpc) is 2.39. The summed E-state index contributed by atoms with van der Waals surface area (Å²) in [5, 5.41) is 27.4. The van der Waals surface area contributed by atoms with Gasteiger partial charge in [-0.15, -0.1) is 0 Å². The first-order valence-corrected chi connectivity index (χ1v) is 5.53. The van der Waals surface area contributed by atoms with Crippen molar-refractivity contribution in [2.75, 3.05) is 0 Å². The fourth-order valence-electron chi connectivity index (χ4n) is 1.55. The summed E-state index contributed by atoms with van der Waals surface area (Å²) in [7, 11) is 0. The third kappa shape index (κ3) is 3.16. The number of benzene rings is 2. The largest absolute Gasteiger partial charge is 0.508 e. The van der Waals surface area contributed by atoms with Gasteiger partial charge in [0, 0.05) is 0 Å². The average molecular weight is 260 g/mol.